The van der Waals surface area contributed by atoms with E-state index in [-0.39, 0.29) is 18.9 Å². The molecule has 0 radical (unpaired) electrons. The van der Waals surface area contributed by atoms with Crippen LogP contribution in [0.3, 0.4) is 0 Å². The maximum absolute atomic E-state index is 13.0. The molecule has 1 aliphatic carbocycles. The molecule has 0 bridgehead atoms. The highest BCUT2D eigenvalue weighted by Gasteiger charge is 2.45. The Morgan fingerprint density at radius 3 is 2.44 bits per heavy atom. The van der Waals surface area contributed by atoms with E-state index in [0.29, 0.717) is 24.8 Å². The summed E-state index contributed by atoms with van der Waals surface area (Å²) in [6.45, 7) is 0.270. The molecule has 1 amide bonds. The molecule has 0 unspecified atom stereocenters. The second-order valence-corrected chi connectivity index (χ2v) is 6.59. The zero-order valence-electron chi connectivity index (χ0n) is 14.1. The Bertz CT molecular complexity index is 637. The number of carbonyl (C=O) groups excluding carboxylic acids is 1. The van der Waals surface area contributed by atoms with Crippen LogP contribution < -0.4 is 0 Å². The van der Waals surface area contributed by atoms with Gasteiger partial charge in [-0.3, -0.25) is 9.59 Å². The van der Waals surface area contributed by atoms with E-state index in [4.69, 9.17) is 5.11 Å². The van der Waals surface area contributed by atoms with E-state index in [9.17, 15) is 22.8 Å². The molecule has 1 aromatic carbocycles. The van der Waals surface area contributed by atoms with Crippen LogP contribution in [0.15, 0.2) is 24.3 Å². The fourth-order valence-electron chi connectivity index (χ4n) is 3.53. The van der Waals surface area contributed by atoms with Crippen molar-refractivity contribution in [2.24, 2.45) is 0 Å². The molecule has 25 heavy (non-hydrogen) atoms. The lowest BCUT2D eigenvalue weighted by Crippen LogP contribution is -2.44. The van der Waals surface area contributed by atoms with Gasteiger partial charge in [-0.2, -0.15) is 13.2 Å². The quantitative estimate of drug-likeness (QED) is 0.842. The first-order chi connectivity index (χ1) is 11.7. The molecule has 0 atom stereocenters. The molecule has 0 heterocycles. The highest BCUT2D eigenvalue weighted by Crippen LogP contribution is 2.44. The van der Waals surface area contributed by atoms with Crippen molar-refractivity contribution in [3.05, 3.63) is 35.4 Å². The first kappa shape index (κ1) is 19.3. The van der Waals surface area contributed by atoms with Crippen LogP contribution in [0.5, 0.6) is 0 Å². The third kappa shape index (κ3) is 4.32. The van der Waals surface area contributed by atoms with Crippen LogP contribution in [0.25, 0.3) is 0 Å². The number of nitrogens with zero attached hydrogens (tertiary/aromatic N) is 1. The number of hydrogen-bond acceptors (Lipinski definition) is 2. The number of carboxylic acid groups (broad SMARTS) is 1. The van der Waals surface area contributed by atoms with Crippen molar-refractivity contribution in [3.63, 3.8) is 0 Å². The van der Waals surface area contributed by atoms with E-state index in [1.807, 2.05) is 0 Å². The van der Waals surface area contributed by atoms with E-state index in [2.05, 4.69) is 0 Å². The topological polar surface area (TPSA) is 57.6 Å². The Morgan fingerprint density at radius 2 is 1.88 bits per heavy atom. The fourth-order valence-corrected chi connectivity index (χ4v) is 3.53. The van der Waals surface area contributed by atoms with Crippen molar-refractivity contribution in [1.29, 1.82) is 0 Å². The number of halogens is 3. The molecule has 138 valence electrons. The second-order valence-electron chi connectivity index (χ2n) is 6.59. The van der Waals surface area contributed by atoms with Gasteiger partial charge in [0.05, 0.1) is 11.0 Å². The molecule has 0 saturated heterocycles. The normalized spacial score (nSPS) is 16.6. The molecule has 0 aliphatic heterocycles. The van der Waals surface area contributed by atoms with Crippen LogP contribution in [-0.4, -0.2) is 35.5 Å². The number of rotatable bonds is 6. The predicted molar refractivity (Wildman–Crippen MR) is 86.1 cm³/mol. The van der Waals surface area contributed by atoms with Crippen molar-refractivity contribution < 1.29 is 27.9 Å². The predicted octanol–water partition coefficient (Wildman–Crippen LogP) is 3.84. The van der Waals surface area contributed by atoms with Crippen molar-refractivity contribution in [2.45, 2.75) is 50.1 Å². The molecule has 1 saturated carbocycles. The maximum atomic E-state index is 13.0. The smallest absolute Gasteiger partial charge is 0.416 e. The summed E-state index contributed by atoms with van der Waals surface area (Å²) in [7, 11) is 1.58. The fraction of sp³-hybridized carbons (Fsp3) is 0.556. The van der Waals surface area contributed by atoms with E-state index in [1.54, 1.807) is 13.1 Å². The summed E-state index contributed by atoms with van der Waals surface area (Å²) >= 11 is 0. The van der Waals surface area contributed by atoms with E-state index in [0.717, 1.165) is 25.0 Å². The molecule has 1 aliphatic rings. The second kappa shape index (κ2) is 7.45. The number of carbonyl (C=O) groups is 2. The third-order valence-electron chi connectivity index (χ3n) is 4.84. The van der Waals surface area contributed by atoms with Crippen molar-refractivity contribution in [3.8, 4) is 0 Å². The van der Waals surface area contributed by atoms with Gasteiger partial charge in [0.1, 0.15) is 0 Å². The minimum absolute atomic E-state index is 0.0474. The molecule has 7 heteroatoms. The van der Waals surface area contributed by atoms with Gasteiger partial charge in [0.15, 0.2) is 0 Å². The van der Waals surface area contributed by atoms with E-state index in [1.165, 1.54) is 11.0 Å². The summed E-state index contributed by atoms with van der Waals surface area (Å²) in [6, 6.07) is 5.01. The van der Waals surface area contributed by atoms with Gasteiger partial charge < -0.3 is 10.0 Å². The lowest BCUT2D eigenvalue weighted by atomic mass is 9.77. The molecule has 1 N–H and O–H groups in total. The summed E-state index contributed by atoms with van der Waals surface area (Å²) in [6.07, 6.45) is -1.60. The van der Waals surface area contributed by atoms with Crippen molar-refractivity contribution in [2.75, 3.05) is 13.6 Å². The number of alkyl halides is 3. The van der Waals surface area contributed by atoms with Gasteiger partial charge >= 0.3 is 12.1 Å². The number of carboxylic acids is 1. The monoisotopic (exact) mass is 357 g/mol. The van der Waals surface area contributed by atoms with E-state index < -0.39 is 23.1 Å². The van der Waals surface area contributed by atoms with Gasteiger partial charge in [-0.1, -0.05) is 31.0 Å². The minimum atomic E-state index is -4.45. The summed E-state index contributed by atoms with van der Waals surface area (Å²) in [4.78, 5) is 25.1. The number of aliphatic carboxylic acids is 1. The standard InChI is InChI=1S/C18H22F3NO3/c1-22(11-5-8-15(23)24)16(25)17(9-2-3-10-17)13-6-4-7-14(12-13)18(19,20)21/h4,6-7,12H,2-3,5,8-11H2,1H3,(H,23,24). The summed E-state index contributed by atoms with van der Waals surface area (Å²) < 4.78 is 39.1. The molecule has 4 nitrogen and oxygen atoms in total. The molecule has 1 aromatic rings. The SMILES string of the molecule is CN(CCCC(=O)O)C(=O)C1(c2cccc(C(F)(F)F)c2)CCCC1. The average molecular weight is 357 g/mol. The van der Waals surface area contributed by atoms with E-state index >= 15 is 0 Å². The van der Waals surface area contributed by atoms with Gasteiger partial charge in [-0.15, -0.1) is 0 Å². The van der Waals surface area contributed by atoms with Gasteiger partial charge in [-0.25, -0.2) is 0 Å². The lowest BCUT2D eigenvalue weighted by Gasteiger charge is -2.33. The Kier molecular flexibility index (Phi) is 5.75. The molecular formula is C18H22F3NO3. The number of hydrogen-bond donors (Lipinski definition) is 1. The lowest BCUT2D eigenvalue weighted by molar-refractivity contribution is -0.139. The van der Waals surface area contributed by atoms with Crippen LogP contribution in [-0.2, 0) is 21.2 Å². The van der Waals surface area contributed by atoms with Crippen LogP contribution in [0, 0.1) is 0 Å². The zero-order valence-corrected chi connectivity index (χ0v) is 14.1. The van der Waals surface area contributed by atoms with Gasteiger partial charge in [0.25, 0.3) is 0 Å². The Morgan fingerprint density at radius 1 is 1.24 bits per heavy atom. The van der Waals surface area contributed by atoms with Crippen LogP contribution in [0.1, 0.15) is 49.7 Å². The average Bonchev–Trinajstić information content (AvgIpc) is 3.04. The first-order valence-electron chi connectivity index (χ1n) is 8.32. The van der Waals surface area contributed by atoms with Gasteiger partial charge in [-0.05, 0) is 30.9 Å². The van der Waals surface area contributed by atoms with Gasteiger partial charge in [0, 0.05) is 20.0 Å². The van der Waals surface area contributed by atoms with Crippen LogP contribution in [0.2, 0.25) is 0 Å². The number of amides is 1. The maximum Gasteiger partial charge on any atom is 0.416 e. The summed E-state index contributed by atoms with van der Waals surface area (Å²) in [5.74, 6) is -1.16. The summed E-state index contributed by atoms with van der Waals surface area (Å²) in [5.41, 5.74) is -1.30. The van der Waals surface area contributed by atoms with Crippen LogP contribution >= 0.6 is 0 Å². The number of benzene rings is 1. The van der Waals surface area contributed by atoms with Crippen molar-refractivity contribution in [1.82, 2.24) is 4.90 Å². The first-order valence-corrected chi connectivity index (χ1v) is 8.32. The number of likely N-dealkylation sites (N-methyl/N-ethyl adjacent to an activating group) is 1. The Hall–Kier alpha value is -2.05. The Balaban J connectivity index is 2.26. The largest absolute Gasteiger partial charge is 0.481 e. The Labute approximate surface area is 144 Å². The zero-order chi connectivity index (χ0) is 18.7. The van der Waals surface area contributed by atoms with Crippen LogP contribution in [0.4, 0.5) is 13.2 Å². The minimum Gasteiger partial charge on any atom is -0.481 e. The highest BCUT2D eigenvalue weighted by atomic mass is 19.4. The molecular weight excluding hydrogens is 335 g/mol. The summed E-state index contributed by atoms with van der Waals surface area (Å²) in [5, 5.41) is 8.70. The molecule has 2 rings (SSSR count). The molecule has 0 aromatic heterocycles. The van der Waals surface area contributed by atoms with Crippen molar-refractivity contribution >= 4 is 11.9 Å². The van der Waals surface area contributed by atoms with Gasteiger partial charge in [0.2, 0.25) is 5.91 Å². The highest BCUT2D eigenvalue weighted by molar-refractivity contribution is 5.88. The molecule has 1 fully saturated rings. The molecule has 0 spiro atoms. The third-order valence-corrected chi connectivity index (χ3v) is 4.84.